The quantitative estimate of drug-likeness (QED) is 0.920. The van der Waals surface area contributed by atoms with Crippen LogP contribution in [0.15, 0.2) is 36.4 Å². The number of quaternary nitrogens is 1. The number of aryl methyl sites for hydroxylation is 1. The molecule has 1 atom stereocenters. The van der Waals surface area contributed by atoms with Crippen molar-refractivity contribution in [3.63, 3.8) is 0 Å². The number of methoxy groups -OCH3 is 2. The summed E-state index contributed by atoms with van der Waals surface area (Å²) in [5.41, 5.74) is 5.32. The molecule has 3 heteroatoms. The number of fused-ring (bicyclic) bond motifs is 1. The largest absolute Gasteiger partial charge is 0.496 e. The van der Waals surface area contributed by atoms with Crippen molar-refractivity contribution in [1.82, 2.24) is 0 Å². The number of hydrogen-bond donors (Lipinski definition) is 1. The molecule has 0 aromatic heterocycles. The molecule has 0 saturated heterocycles. The number of benzene rings is 2. The van der Waals surface area contributed by atoms with E-state index in [9.17, 15) is 0 Å². The second-order valence-corrected chi connectivity index (χ2v) is 6.22. The third-order valence-electron chi connectivity index (χ3n) is 4.90. The van der Waals surface area contributed by atoms with Crippen LogP contribution in [0.5, 0.6) is 11.5 Å². The zero-order valence-electron chi connectivity index (χ0n) is 14.3. The Hall–Kier alpha value is -2.00. The van der Waals surface area contributed by atoms with E-state index in [0.717, 1.165) is 23.6 Å². The van der Waals surface area contributed by atoms with E-state index in [1.165, 1.54) is 36.0 Å². The minimum absolute atomic E-state index is 0.548. The summed E-state index contributed by atoms with van der Waals surface area (Å²) in [5, 5.41) is 2.45. The van der Waals surface area contributed by atoms with Crippen molar-refractivity contribution < 1.29 is 14.8 Å². The summed E-state index contributed by atoms with van der Waals surface area (Å²) in [6.45, 7) is 2.98. The van der Waals surface area contributed by atoms with E-state index in [4.69, 9.17) is 9.47 Å². The zero-order valence-corrected chi connectivity index (χ0v) is 14.3. The molecule has 0 spiro atoms. The van der Waals surface area contributed by atoms with E-state index in [-0.39, 0.29) is 0 Å². The van der Waals surface area contributed by atoms with E-state index in [2.05, 4.69) is 42.6 Å². The molecule has 1 aliphatic rings. The number of rotatable bonds is 5. The van der Waals surface area contributed by atoms with Crippen LogP contribution in [0.4, 0.5) is 0 Å². The second kappa shape index (κ2) is 7.05. The minimum Gasteiger partial charge on any atom is -0.496 e. The first kappa shape index (κ1) is 15.9. The Morgan fingerprint density at radius 2 is 1.91 bits per heavy atom. The van der Waals surface area contributed by atoms with E-state index in [0.29, 0.717) is 6.04 Å². The molecule has 0 radical (unpaired) electrons. The molecule has 23 heavy (non-hydrogen) atoms. The lowest BCUT2D eigenvalue weighted by Gasteiger charge is -2.24. The minimum atomic E-state index is 0.548. The Labute approximate surface area is 138 Å². The van der Waals surface area contributed by atoms with E-state index < -0.39 is 0 Å². The van der Waals surface area contributed by atoms with Crippen molar-refractivity contribution in [1.29, 1.82) is 0 Å². The van der Waals surface area contributed by atoms with Crippen LogP contribution in [-0.4, -0.2) is 14.2 Å². The Morgan fingerprint density at radius 1 is 1.09 bits per heavy atom. The van der Waals surface area contributed by atoms with Crippen LogP contribution in [0.3, 0.4) is 0 Å². The highest BCUT2D eigenvalue weighted by Crippen LogP contribution is 2.31. The molecule has 0 bridgehead atoms. The Morgan fingerprint density at radius 3 is 2.70 bits per heavy atom. The van der Waals surface area contributed by atoms with Gasteiger partial charge >= 0.3 is 0 Å². The molecule has 3 rings (SSSR count). The van der Waals surface area contributed by atoms with Gasteiger partial charge in [0.2, 0.25) is 0 Å². The lowest BCUT2D eigenvalue weighted by Crippen LogP contribution is -2.84. The highest BCUT2D eigenvalue weighted by Gasteiger charge is 2.23. The predicted molar refractivity (Wildman–Crippen MR) is 92.0 cm³/mol. The summed E-state index contributed by atoms with van der Waals surface area (Å²) in [7, 11) is 3.44. The second-order valence-electron chi connectivity index (χ2n) is 6.22. The van der Waals surface area contributed by atoms with Gasteiger partial charge in [-0.1, -0.05) is 24.3 Å². The Kier molecular flexibility index (Phi) is 4.87. The summed E-state index contributed by atoms with van der Waals surface area (Å²) in [6.07, 6.45) is 3.73. The van der Waals surface area contributed by atoms with Crippen LogP contribution in [0.1, 0.15) is 41.1 Å². The van der Waals surface area contributed by atoms with Gasteiger partial charge in [0.05, 0.1) is 14.2 Å². The third-order valence-corrected chi connectivity index (χ3v) is 4.90. The first-order chi connectivity index (χ1) is 11.2. The third kappa shape index (κ3) is 3.20. The average molecular weight is 312 g/mol. The zero-order chi connectivity index (χ0) is 16.2. The van der Waals surface area contributed by atoms with Crippen LogP contribution in [0.2, 0.25) is 0 Å². The lowest BCUT2D eigenvalue weighted by molar-refractivity contribution is -0.712. The first-order valence-corrected chi connectivity index (χ1v) is 8.36. The smallest absolute Gasteiger partial charge is 0.134 e. The van der Waals surface area contributed by atoms with Crippen molar-refractivity contribution >= 4 is 0 Å². The van der Waals surface area contributed by atoms with Gasteiger partial charge in [-0.25, -0.2) is 0 Å². The molecule has 0 amide bonds. The maximum atomic E-state index is 5.63. The molecule has 2 aromatic carbocycles. The maximum absolute atomic E-state index is 5.63. The van der Waals surface area contributed by atoms with Gasteiger partial charge in [0.15, 0.2) is 0 Å². The molecule has 0 aliphatic heterocycles. The van der Waals surface area contributed by atoms with Gasteiger partial charge < -0.3 is 14.8 Å². The van der Waals surface area contributed by atoms with Crippen molar-refractivity contribution in [2.75, 3.05) is 14.2 Å². The van der Waals surface area contributed by atoms with Gasteiger partial charge in [0, 0.05) is 23.1 Å². The normalized spacial score (nSPS) is 16.7. The molecule has 0 unspecified atom stereocenters. The van der Waals surface area contributed by atoms with Crippen LogP contribution in [-0.2, 0) is 13.0 Å². The standard InChI is InChI=1S/C20H25NO2/c1-14-19(22-2)12-11-16(20(14)23-3)13-21-18-10-6-8-15-7-4-5-9-17(15)18/h4-5,7,9,11-12,18,21H,6,8,10,13H2,1-3H3/p+1/t18-/m0/s1. The monoisotopic (exact) mass is 312 g/mol. The molecule has 2 N–H and O–H groups in total. The maximum Gasteiger partial charge on any atom is 0.134 e. The van der Waals surface area contributed by atoms with Gasteiger partial charge in [0.1, 0.15) is 24.1 Å². The van der Waals surface area contributed by atoms with Crippen LogP contribution < -0.4 is 14.8 Å². The van der Waals surface area contributed by atoms with Crippen molar-refractivity contribution in [3.05, 3.63) is 58.7 Å². The number of hydrogen-bond acceptors (Lipinski definition) is 2. The number of nitrogens with two attached hydrogens (primary N) is 1. The van der Waals surface area contributed by atoms with E-state index in [1.54, 1.807) is 14.2 Å². The highest BCUT2D eigenvalue weighted by atomic mass is 16.5. The van der Waals surface area contributed by atoms with Gasteiger partial charge in [-0.3, -0.25) is 0 Å². The first-order valence-electron chi connectivity index (χ1n) is 8.36. The van der Waals surface area contributed by atoms with Crippen LogP contribution in [0.25, 0.3) is 0 Å². The molecular formula is C20H26NO2+. The number of ether oxygens (including phenoxy) is 2. The topological polar surface area (TPSA) is 35.1 Å². The van der Waals surface area contributed by atoms with E-state index >= 15 is 0 Å². The van der Waals surface area contributed by atoms with Gasteiger partial charge in [-0.05, 0) is 37.5 Å². The Balaban J connectivity index is 1.78. The van der Waals surface area contributed by atoms with Crippen molar-refractivity contribution in [2.24, 2.45) is 0 Å². The molecule has 3 nitrogen and oxygen atoms in total. The Bertz CT molecular complexity index is 681. The van der Waals surface area contributed by atoms with Crippen LogP contribution in [0, 0.1) is 6.92 Å². The summed E-state index contributed by atoms with van der Waals surface area (Å²) in [6, 6.07) is 13.6. The molecule has 2 aromatic rings. The summed E-state index contributed by atoms with van der Waals surface area (Å²) in [4.78, 5) is 0. The predicted octanol–water partition coefficient (Wildman–Crippen LogP) is 3.15. The van der Waals surface area contributed by atoms with Gasteiger partial charge in [-0.2, -0.15) is 0 Å². The summed E-state index contributed by atoms with van der Waals surface area (Å²) in [5.74, 6) is 1.83. The molecule has 0 heterocycles. The SMILES string of the molecule is COc1ccc(C[NH2+][C@H]2CCCc3ccccc32)c(OC)c1C. The lowest BCUT2D eigenvalue weighted by atomic mass is 9.87. The molecule has 1 aliphatic carbocycles. The average Bonchev–Trinajstić information content (AvgIpc) is 2.60. The molecule has 0 fully saturated rings. The van der Waals surface area contributed by atoms with Crippen LogP contribution >= 0.6 is 0 Å². The van der Waals surface area contributed by atoms with Gasteiger partial charge in [0.25, 0.3) is 0 Å². The summed E-state index contributed by atoms with van der Waals surface area (Å²) < 4.78 is 11.0. The van der Waals surface area contributed by atoms with Crippen molar-refractivity contribution in [3.8, 4) is 11.5 Å². The molecular weight excluding hydrogens is 286 g/mol. The molecule has 122 valence electrons. The van der Waals surface area contributed by atoms with Crippen molar-refractivity contribution in [2.45, 2.75) is 38.8 Å². The van der Waals surface area contributed by atoms with Gasteiger partial charge in [-0.15, -0.1) is 0 Å². The summed E-state index contributed by atoms with van der Waals surface area (Å²) >= 11 is 0. The highest BCUT2D eigenvalue weighted by molar-refractivity contribution is 5.49. The fourth-order valence-corrected chi connectivity index (χ4v) is 3.70. The molecule has 0 saturated carbocycles. The fraction of sp³-hybridized carbons (Fsp3) is 0.400. The van der Waals surface area contributed by atoms with E-state index in [1.807, 2.05) is 6.07 Å². The fourth-order valence-electron chi connectivity index (χ4n) is 3.70.